The zero-order valence-electron chi connectivity index (χ0n) is 13.9. The van der Waals surface area contributed by atoms with Crippen molar-refractivity contribution >= 4 is 38.3 Å². The highest BCUT2D eigenvalue weighted by molar-refractivity contribution is 7.33. The first-order valence-corrected chi connectivity index (χ1v) is 10.1. The molecule has 1 atom stereocenters. The number of hydrogen-bond donors (Lipinski definition) is 2. The quantitative estimate of drug-likeness (QED) is 0.494. The van der Waals surface area contributed by atoms with Gasteiger partial charge in [-0.2, -0.15) is 0 Å². The van der Waals surface area contributed by atoms with Gasteiger partial charge in [-0.25, -0.2) is 15.0 Å². The normalized spacial score (nSPS) is 14.6. The first-order valence-electron chi connectivity index (χ1n) is 8.18. The number of aromatic nitrogens is 4. The van der Waals surface area contributed by atoms with Crippen LogP contribution in [0.2, 0.25) is 0 Å². The summed E-state index contributed by atoms with van der Waals surface area (Å²) >= 11 is 1.60. The molecule has 8 nitrogen and oxygen atoms in total. The highest BCUT2D eigenvalue weighted by atomic mass is 32.2. The summed E-state index contributed by atoms with van der Waals surface area (Å²) < 4.78 is 12.2. The molecule has 0 radical (unpaired) electrons. The first-order chi connectivity index (χ1) is 13.1. The Labute approximate surface area is 160 Å². The number of hydrogen-bond acceptors (Lipinski definition) is 9. The van der Waals surface area contributed by atoms with Crippen molar-refractivity contribution < 1.29 is 14.8 Å². The van der Waals surface area contributed by atoms with Crippen LogP contribution in [-0.2, 0) is 13.0 Å². The van der Waals surface area contributed by atoms with Crippen molar-refractivity contribution in [3.05, 3.63) is 41.2 Å². The number of thiophene rings is 1. The molecule has 0 spiro atoms. The molecule has 1 aliphatic heterocycles. The molecule has 1 aliphatic rings. The molecule has 136 valence electrons. The minimum atomic E-state index is -1.81. The molecule has 0 aliphatic carbocycles. The van der Waals surface area contributed by atoms with E-state index in [9.17, 15) is 14.8 Å². The zero-order chi connectivity index (χ0) is 18.5. The highest BCUT2D eigenvalue weighted by Crippen LogP contribution is 2.47. The standard InChI is InChI=1S/C17H13N5O3S2/c23-14-13-12(27(25)16(14)24)7-19-17(21-13)22-6-4-9-11(8-22)26-15(20-9)10-3-1-2-5-18-10/h1-3,5,7,23-24H,4,6,8H2. The Morgan fingerprint density at radius 2 is 2.07 bits per heavy atom. The second-order valence-corrected chi connectivity index (χ2v) is 8.53. The van der Waals surface area contributed by atoms with Crippen LogP contribution in [0, 0.1) is 0 Å². The van der Waals surface area contributed by atoms with Gasteiger partial charge in [-0.15, -0.1) is 11.3 Å². The molecule has 0 aromatic carbocycles. The molecule has 1 unspecified atom stereocenters. The van der Waals surface area contributed by atoms with E-state index in [1.807, 2.05) is 23.1 Å². The largest absolute Gasteiger partial charge is 0.587 e. The van der Waals surface area contributed by atoms with Gasteiger partial charge in [-0.05, 0) is 12.1 Å². The van der Waals surface area contributed by atoms with Crippen molar-refractivity contribution in [2.75, 3.05) is 11.4 Å². The predicted molar refractivity (Wildman–Crippen MR) is 102 cm³/mol. The van der Waals surface area contributed by atoms with E-state index in [0.717, 1.165) is 27.7 Å². The first kappa shape index (κ1) is 16.4. The van der Waals surface area contributed by atoms with Crippen LogP contribution in [0.5, 0.6) is 10.8 Å². The molecule has 0 amide bonds. The molecular formula is C17H13N5O3S2. The summed E-state index contributed by atoms with van der Waals surface area (Å²) in [6.45, 7) is 1.27. The monoisotopic (exact) mass is 399 g/mol. The van der Waals surface area contributed by atoms with Gasteiger partial charge in [0, 0.05) is 34.8 Å². The van der Waals surface area contributed by atoms with E-state index in [4.69, 9.17) is 4.98 Å². The summed E-state index contributed by atoms with van der Waals surface area (Å²) in [4.78, 5) is 20.8. The van der Waals surface area contributed by atoms with Crippen LogP contribution in [0.1, 0.15) is 10.6 Å². The molecule has 10 heteroatoms. The van der Waals surface area contributed by atoms with Crippen molar-refractivity contribution in [2.45, 2.75) is 13.0 Å². The number of aromatic hydroxyl groups is 2. The number of anilines is 1. The fourth-order valence-corrected chi connectivity index (χ4v) is 5.12. The molecule has 27 heavy (non-hydrogen) atoms. The summed E-state index contributed by atoms with van der Waals surface area (Å²) in [6, 6.07) is 5.75. The maximum atomic E-state index is 11.9. The van der Waals surface area contributed by atoms with E-state index in [0.29, 0.717) is 19.0 Å². The molecule has 5 rings (SSSR count). The SMILES string of the molecule is [O-][s+]1c(O)c(O)c2nc(N3CCc4nc(-c5ccccn5)sc4C3)ncc21. The topological polar surface area (TPSA) is 118 Å². The van der Waals surface area contributed by atoms with Crippen LogP contribution >= 0.6 is 22.1 Å². The minimum Gasteiger partial charge on any atom is -0.587 e. The highest BCUT2D eigenvalue weighted by Gasteiger charge is 2.27. The molecule has 4 aromatic heterocycles. The Kier molecular flexibility index (Phi) is 3.71. The summed E-state index contributed by atoms with van der Waals surface area (Å²) in [7, 11) is -1.81. The third-order valence-electron chi connectivity index (χ3n) is 4.44. The van der Waals surface area contributed by atoms with Crippen LogP contribution in [0.3, 0.4) is 0 Å². The van der Waals surface area contributed by atoms with Gasteiger partial charge in [0.25, 0.3) is 0 Å². The molecule has 2 N–H and O–H groups in total. The van der Waals surface area contributed by atoms with Crippen molar-refractivity contribution in [1.82, 2.24) is 19.9 Å². The Morgan fingerprint density at radius 3 is 2.89 bits per heavy atom. The average molecular weight is 399 g/mol. The van der Waals surface area contributed by atoms with Gasteiger partial charge in [-0.1, -0.05) is 6.07 Å². The van der Waals surface area contributed by atoms with Crippen LogP contribution in [-0.4, -0.2) is 41.2 Å². The number of fused-ring (bicyclic) bond motifs is 2. The maximum absolute atomic E-state index is 11.9. The lowest BCUT2D eigenvalue weighted by Crippen LogP contribution is -2.31. The van der Waals surface area contributed by atoms with Crippen molar-refractivity contribution in [1.29, 1.82) is 0 Å². The third kappa shape index (κ3) is 2.60. The third-order valence-corrected chi connectivity index (χ3v) is 6.79. The van der Waals surface area contributed by atoms with E-state index in [2.05, 4.69) is 15.0 Å². The van der Waals surface area contributed by atoms with E-state index < -0.39 is 21.6 Å². The smallest absolute Gasteiger partial charge is 0.371 e. The van der Waals surface area contributed by atoms with Gasteiger partial charge in [-0.3, -0.25) is 4.98 Å². The van der Waals surface area contributed by atoms with E-state index in [1.54, 1.807) is 17.5 Å². The molecule has 0 saturated carbocycles. The van der Waals surface area contributed by atoms with Crippen molar-refractivity contribution in [3.8, 4) is 21.5 Å². The second-order valence-electron chi connectivity index (χ2n) is 6.08. The number of nitrogens with zero attached hydrogens (tertiary/aromatic N) is 5. The lowest BCUT2D eigenvalue weighted by atomic mass is 10.2. The molecular weight excluding hydrogens is 386 g/mol. The molecule has 0 bridgehead atoms. The van der Waals surface area contributed by atoms with Crippen LogP contribution in [0.15, 0.2) is 30.6 Å². The maximum Gasteiger partial charge on any atom is 0.371 e. The van der Waals surface area contributed by atoms with Crippen LogP contribution in [0.25, 0.3) is 20.9 Å². The van der Waals surface area contributed by atoms with Gasteiger partial charge in [0.2, 0.25) is 16.4 Å². The number of thiazole rings is 1. The van der Waals surface area contributed by atoms with E-state index in [-0.39, 0.29) is 10.2 Å². The van der Waals surface area contributed by atoms with Gasteiger partial charge >= 0.3 is 5.06 Å². The van der Waals surface area contributed by atoms with Gasteiger partial charge in [0.05, 0.1) is 24.1 Å². The molecule has 0 saturated heterocycles. The molecule has 4 aromatic rings. The van der Waals surface area contributed by atoms with E-state index in [1.165, 1.54) is 6.20 Å². The van der Waals surface area contributed by atoms with Gasteiger partial charge < -0.3 is 19.7 Å². The number of pyridine rings is 1. The Bertz CT molecular complexity index is 1160. The summed E-state index contributed by atoms with van der Waals surface area (Å²) in [5.41, 5.74) is 2.03. The summed E-state index contributed by atoms with van der Waals surface area (Å²) in [5, 5.41) is 19.9. The minimum absolute atomic E-state index is 0.125. The predicted octanol–water partition coefficient (Wildman–Crippen LogP) is 2.85. The van der Waals surface area contributed by atoms with Gasteiger partial charge in [0.1, 0.15) is 5.01 Å². The Hall–Kier alpha value is -2.82. The lowest BCUT2D eigenvalue weighted by Gasteiger charge is -2.25. The Morgan fingerprint density at radius 1 is 1.19 bits per heavy atom. The average Bonchev–Trinajstić information content (AvgIpc) is 3.23. The number of rotatable bonds is 2. The Balaban J connectivity index is 1.48. The van der Waals surface area contributed by atoms with Crippen molar-refractivity contribution in [3.63, 3.8) is 0 Å². The summed E-state index contributed by atoms with van der Waals surface area (Å²) in [5.74, 6) is -0.0228. The summed E-state index contributed by atoms with van der Waals surface area (Å²) in [6.07, 6.45) is 3.90. The van der Waals surface area contributed by atoms with Gasteiger partial charge in [0.15, 0.2) is 5.52 Å². The van der Waals surface area contributed by atoms with Crippen LogP contribution in [0.4, 0.5) is 5.95 Å². The van der Waals surface area contributed by atoms with Crippen molar-refractivity contribution in [2.24, 2.45) is 0 Å². The fourth-order valence-electron chi connectivity index (χ4n) is 3.08. The molecule has 5 heterocycles. The molecule has 0 fully saturated rings. The lowest BCUT2D eigenvalue weighted by molar-refractivity contribution is 0.413. The van der Waals surface area contributed by atoms with E-state index >= 15 is 0 Å². The fraction of sp³-hybridized carbons (Fsp3) is 0.176. The zero-order valence-corrected chi connectivity index (χ0v) is 15.5. The van der Waals surface area contributed by atoms with Crippen LogP contribution < -0.4 is 4.90 Å². The second kappa shape index (κ2) is 6.12.